The molecule has 0 rings (SSSR count). The molecule has 1 N–H and O–H groups in total. The van der Waals surface area contributed by atoms with Crippen molar-refractivity contribution >= 4 is 11.9 Å². The minimum absolute atomic E-state index is 0.0701. The Kier molecular flexibility index (Phi) is 46.5. The van der Waals surface area contributed by atoms with Gasteiger partial charge in [0.1, 0.15) is 6.61 Å². The second-order valence-electron chi connectivity index (χ2n) is 16.2. The summed E-state index contributed by atoms with van der Waals surface area (Å²) in [6.45, 7) is 3.98. The number of allylic oxidation sites excluding steroid dienone is 12. The minimum Gasteiger partial charge on any atom is -0.462 e. The molecule has 5 nitrogen and oxygen atoms in total. The molecule has 0 saturated carbocycles. The first-order valence-corrected chi connectivity index (χ1v) is 24.5. The van der Waals surface area contributed by atoms with Gasteiger partial charge in [-0.05, 0) is 77.0 Å². The average Bonchev–Trinajstić information content (AvgIpc) is 3.23. The Morgan fingerprint density at radius 1 is 0.414 bits per heavy atom. The molecule has 0 aliphatic heterocycles. The predicted molar refractivity (Wildman–Crippen MR) is 251 cm³/mol. The fraction of sp³-hybridized carbons (Fsp3) is 0.736. The zero-order valence-electron chi connectivity index (χ0n) is 38.0. The summed E-state index contributed by atoms with van der Waals surface area (Å²) in [4.78, 5) is 24.3. The molecule has 1 unspecified atom stereocenters. The van der Waals surface area contributed by atoms with Gasteiger partial charge in [-0.3, -0.25) is 9.59 Å². The maximum absolute atomic E-state index is 12.2. The van der Waals surface area contributed by atoms with Crippen LogP contribution in [0.25, 0.3) is 0 Å². The SMILES string of the molecule is CC/C=C\C/C=C\C/C=C\C/C=C\C/C=C\CCCCCCCCCCCCCCCCCCCC(=O)OC(CO)COC(=O)CCCCCCC/C=C\CCCC. The number of carbonyl (C=O) groups excluding carboxylic acids is 2. The summed E-state index contributed by atoms with van der Waals surface area (Å²) in [7, 11) is 0. The van der Waals surface area contributed by atoms with E-state index in [4.69, 9.17) is 9.47 Å². The van der Waals surface area contributed by atoms with E-state index < -0.39 is 6.10 Å². The largest absolute Gasteiger partial charge is 0.462 e. The van der Waals surface area contributed by atoms with Gasteiger partial charge in [0.05, 0.1) is 6.61 Å². The van der Waals surface area contributed by atoms with Gasteiger partial charge in [0.25, 0.3) is 0 Å². The summed E-state index contributed by atoms with van der Waals surface area (Å²) in [6, 6.07) is 0. The van der Waals surface area contributed by atoms with Gasteiger partial charge in [-0.2, -0.15) is 0 Å². The van der Waals surface area contributed by atoms with Crippen LogP contribution in [-0.4, -0.2) is 36.4 Å². The first kappa shape index (κ1) is 55.3. The first-order valence-electron chi connectivity index (χ1n) is 24.5. The maximum atomic E-state index is 12.2. The molecule has 0 aliphatic carbocycles. The lowest BCUT2D eigenvalue weighted by Gasteiger charge is -2.15. The van der Waals surface area contributed by atoms with E-state index in [1.165, 1.54) is 128 Å². The molecule has 1 atom stereocenters. The molecule has 0 aliphatic rings. The Morgan fingerprint density at radius 2 is 0.741 bits per heavy atom. The van der Waals surface area contributed by atoms with E-state index >= 15 is 0 Å². The van der Waals surface area contributed by atoms with Crippen LogP contribution < -0.4 is 0 Å². The zero-order valence-corrected chi connectivity index (χ0v) is 38.0. The van der Waals surface area contributed by atoms with Crippen molar-refractivity contribution in [3.8, 4) is 0 Å². The number of aliphatic hydroxyl groups is 1. The molecule has 0 fully saturated rings. The normalized spacial score (nSPS) is 12.8. The molecule has 0 spiro atoms. The van der Waals surface area contributed by atoms with Gasteiger partial charge < -0.3 is 14.6 Å². The van der Waals surface area contributed by atoms with Crippen molar-refractivity contribution < 1.29 is 24.2 Å². The van der Waals surface area contributed by atoms with E-state index in [0.717, 1.165) is 77.0 Å². The smallest absolute Gasteiger partial charge is 0.306 e. The van der Waals surface area contributed by atoms with Gasteiger partial charge in [-0.15, -0.1) is 0 Å². The quantitative estimate of drug-likeness (QED) is 0.0377. The van der Waals surface area contributed by atoms with E-state index in [-0.39, 0.29) is 25.2 Å². The van der Waals surface area contributed by atoms with Gasteiger partial charge in [0.2, 0.25) is 0 Å². The van der Waals surface area contributed by atoms with Crippen LogP contribution in [0.1, 0.15) is 232 Å². The van der Waals surface area contributed by atoms with Gasteiger partial charge in [-0.25, -0.2) is 0 Å². The van der Waals surface area contributed by atoms with Crippen molar-refractivity contribution in [2.75, 3.05) is 13.2 Å². The van der Waals surface area contributed by atoms with Crippen LogP contribution in [0.4, 0.5) is 0 Å². The fourth-order valence-corrected chi connectivity index (χ4v) is 6.80. The second-order valence-corrected chi connectivity index (χ2v) is 16.2. The maximum Gasteiger partial charge on any atom is 0.306 e. The molecule has 334 valence electrons. The number of hydrogen-bond acceptors (Lipinski definition) is 5. The highest BCUT2D eigenvalue weighted by atomic mass is 16.6. The minimum atomic E-state index is -0.775. The summed E-state index contributed by atoms with van der Waals surface area (Å²) in [5, 5.41) is 9.58. The van der Waals surface area contributed by atoms with Gasteiger partial charge >= 0.3 is 11.9 Å². The topological polar surface area (TPSA) is 72.8 Å². The Balaban J connectivity index is 3.46. The number of esters is 2. The molecule has 0 saturated heterocycles. The molecule has 0 aromatic heterocycles. The van der Waals surface area contributed by atoms with Gasteiger partial charge in [0, 0.05) is 12.8 Å². The lowest BCUT2D eigenvalue weighted by Crippen LogP contribution is -2.28. The summed E-state index contributed by atoms with van der Waals surface area (Å²) in [5.41, 5.74) is 0. The van der Waals surface area contributed by atoms with Crippen LogP contribution in [-0.2, 0) is 19.1 Å². The Labute approximate surface area is 359 Å². The molecular weight excluding hydrogens is 717 g/mol. The van der Waals surface area contributed by atoms with Crippen LogP contribution in [0.2, 0.25) is 0 Å². The number of hydrogen-bond donors (Lipinski definition) is 1. The van der Waals surface area contributed by atoms with Crippen LogP contribution in [0, 0.1) is 0 Å². The molecule has 0 amide bonds. The summed E-state index contributed by atoms with van der Waals surface area (Å²) in [5.74, 6) is -0.599. The van der Waals surface area contributed by atoms with Crippen LogP contribution in [0.15, 0.2) is 72.9 Å². The van der Waals surface area contributed by atoms with E-state index in [0.29, 0.717) is 12.8 Å². The molecule has 58 heavy (non-hydrogen) atoms. The van der Waals surface area contributed by atoms with Crippen molar-refractivity contribution in [3.05, 3.63) is 72.9 Å². The van der Waals surface area contributed by atoms with Crippen LogP contribution in [0.3, 0.4) is 0 Å². The van der Waals surface area contributed by atoms with Crippen molar-refractivity contribution in [2.24, 2.45) is 0 Å². The number of carbonyl (C=O) groups is 2. The number of unbranched alkanes of at least 4 members (excludes halogenated alkanes) is 24. The third-order valence-corrected chi connectivity index (χ3v) is 10.5. The third-order valence-electron chi connectivity index (χ3n) is 10.5. The van der Waals surface area contributed by atoms with Crippen LogP contribution >= 0.6 is 0 Å². The van der Waals surface area contributed by atoms with Crippen LogP contribution in [0.5, 0.6) is 0 Å². The zero-order chi connectivity index (χ0) is 42.1. The predicted octanol–water partition coefficient (Wildman–Crippen LogP) is 16.1. The lowest BCUT2D eigenvalue weighted by atomic mass is 10.0. The van der Waals surface area contributed by atoms with Gasteiger partial charge in [-0.1, -0.05) is 215 Å². The highest BCUT2D eigenvalue weighted by molar-refractivity contribution is 5.70. The second kappa shape index (κ2) is 48.7. The van der Waals surface area contributed by atoms with Crippen molar-refractivity contribution in [1.82, 2.24) is 0 Å². The monoisotopic (exact) mass is 809 g/mol. The van der Waals surface area contributed by atoms with Crippen molar-refractivity contribution in [1.29, 1.82) is 0 Å². The number of rotatable bonds is 44. The molecule has 0 aromatic carbocycles. The van der Waals surface area contributed by atoms with Gasteiger partial charge in [0.15, 0.2) is 6.10 Å². The highest BCUT2D eigenvalue weighted by Crippen LogP contribution is 2.15. The molecular formula is C53H92O5. The summed E-state index contributed by atoms with van der Waals surface area (Å²) >= 11 is 0. The van der Waals surface area contributed by atoms with E-state index in [2.05, 4.69) is 86.8 Å². The van der Waals surface area contributed by atoms with Crippen molar-refractivity contribution in [3.63, 3.8) is 0 Å². The number of aliphatic hydroxyl groups excluding tert-OH is 1. The fourth-order valence-electron chi connectivity index (χ4n) is 6.80. The Hall–Kier alpha value is -2.66. The lowest BCUT2D eigenvalue weighted by molar-refractivity contribution is -0.161. The van der Waals surface area contributed by atoms with E-state index in [1.54, 1.807) is 0 Å². The summed E-state index contributed by atoms with van der Waals surface area (Å²) in [6.07, 6.45) is 65.8. The molecule has 5 heteroatoms. The Bertz CT molecular complexity index is 1050. The molecule has 0 aromatic rings. The third kappa shape index (κ3) is 46.0. The van der Waals surface area contributed by atoms with E-state index in [9.17, 15) is 14.7 Å². The standard InChI is InChI=1S/C53H92O5/c1-3-5-7-9-11-13-15-16-17-18-19-20-21-22-23-24-25-26-27-28-29-30-31-32-33-34-35-36-38-40-42-44-46-48-53(56)58-51(49-54)50-57-52(55)47-45-43-41-39-37-14-12-10-8-6-4-2/h5,7,10-13,16-17,19-20,22-23,51,54H,3-4,6,8-9,14-15,18,21,24-50H2,1-2H3/b7-5-,12-10-,13-11-,17-16-,20-19-,23-22-. The van der Waals surface area contributed by atoms with E-state index in [1.807, 2.05) is 0 Å². The summed E-state index contributed by atoms with van der Waals surface area (Å²) < 4.78 is 10.6. The first-order chi connectivity index (χ1) is 28.6. The number of ether oxygens (including phenoxy) is 2. The van der Waals surface area contributed by atoms with Crippen molar-refractivity contribution in [2.45, 2.75) is 238 Å². The Morgan fingerprint density at radius 3 is 1.14 bits per heavy atom. The average molecular weight is 809 g/mol. The molecule has 0 radical (unpaired) electrons. The molecule has 0 heterocycles. The molecule has 0 bridgehead atoms. The highest BCUT2D eigenvalue weighted by Gasteiger charge is 2.16.